The van der Waals surface area contributed by atoms with Crippen molar-refractivity contribution >= 4 is 17.1 Å². The van der Waals surface area contributed by atoms with Crippen LogP contribution in [0.25, 0.3) is 22.6 Å². The quantitative estimate of drug-likeness (QED) is 0.692. The molecule has 2 heterocycles. The fraction of sp³-hybridized carbons (Fsp3) is 0.350. The van der Waals surface area contributed by atoms with Crippen molar-refractivity contribution in [1.29, 1.82) is 0 Å². The molecule has 6 heteroatoms. The van der Waals surface area contributed by atoms with Crippen LogP contribution in [0.5, 0.6) is 0 Å². The molecule has 0 aliphatic carbocycles. The Morgan fingerprint density at radius 2 is 1.88 bits per heavy atom. The SMILES string of the molecule is CC(C)CCC(C)NC(=O)c1ccnc2nc(-c3ccc(F)cc3)[nH]c12. The number of benzene rings is 1. The summed E-state index contributed by atoms with van der Waals surface area (Å²) in [5.74, 6) is 0.704. The van der Waals surface area contributed by atoms with Gasteiger partial charge in [0.05, 0.1) is 11.1 Å². The Bertz CT molecular complexity index is 902. The maximum atomic E-state index is 13.1. The molecule has 0 saturated heterocycles. The van der Waals surface area contributed by atoms with E-state index in [1.54, 1.807) is 24.4 Å². The van der Waals surface area contributed by atoms with Crippen LogP contribution >= 0.6 is 0 Å². The third-order valence-corrected chi connectivity index (χ3v) is 4.31. The number of hydrogen-bond donors (Lipinski definition) is 2. The number of carbonyl (C=O) groups excluding carboxylic acids is 1. The molecular formula is C20H23FN4O. The highest BCUT2D eigenvalue weighted by molar-refractivity contribution is 6.04. The number of halogens is 1. The monoisotopic (exact) mass is 354 g/mol. The molecule has 1 atom stereocenters. The van der Waals surface area contributed by atoms with Crippen molar-refractivity contribution in [2.45, 2.75) is 39.7 Å². The first-order valence-electron chi connectivity index (χ1n) is 8.85. The van der Waals surface area contributed by atoms with E-state index in [2.05, 4.69) is 34.1 Å². The summed E-state index contributed by atoms with van der Waals surface area (Å²) < 4.78 is 13.1. The van der Waals surface area contributed by atoms with E-state index in [0.29, 0.717) is 28.5 Å². The fourth-order valence-corrected chi connectivity index (χ4v) is 2.80. The molecule has 0 spiro atoms. The summed E-state index contributed by atoms with van der Waals surface area (Å²) in [7, 11) is 0. The molecule has 0 radical (unpaired) electrons. The molecule has 1 aromatic carbocycles. The van der Waals surface area contributed by atoms with Crippen molar-refractivity contribution in [3.63, 3.8) is 0 Å². The van der Waals surface area contributed by atoms with Gasteiger partial charge in [-0.2, -0.15) is 0 Å². The lowest BCUT2D eigenvalue weighted by molar-refractivity contribution is 0.0938. The van der Waals surface area contributed by atoms with Gasteiger partial charge in [0.2, 0.25) is 0 Å². The molecule has 0 fully saturated rings. The van der Waals surface area contributed by atoms with Crippen LogP contribution < -0.4 is 5.32 Å². The van der Waals surface area contributed by atoms with Gasteiger partial charge in [-0.05, 0) is 56.0 Å². The maximum absolute atomic E-state index is 13.1. The van der Waals surface area contributed by atoms with E-state index in [1.165, 1.54) is 12.1 Å². The van der Waals surface area contributed by atoms with E-state index in [1.807, 2.05) is 6.92 Å². The molecule has 1 amide bonds. The van der Waals surface area contributed by atoms with Crippen molar-refractivity contribution in [2.75, 3.05) is 0 Å². The predicted molar refractivity (Wildman–Crippen MR) is 100 cm³/mol. The number of aromatic amines is 1. The second kappa shape index (κ2) is 7.64. The lowest BCUT2D eigenvalue weighted by atomic mass is 10.0. The number of aromatic nitrogens is 3. The van der Waals surface area contributed by atoms with Crippen molar-refractivity contribution in [3.05, 3.63) is 47.9 Å². The smallest absolute Gasteiger partial charge is 0.253 e. The number of amides is 1. The summed E-state index contributed by atoms with van der Waals surface area (Å²) >= 11 is 0. The van der Waals surface area contributed by atoms with Gasteiger partial charge in [0.15, 0.2) is 5.65 Å². The Morgan fingerprint density at radius 3 is 2.58 bits per heavy atom. The van der Waals surface area contributed by atoms with Gasteiger partial charge in [-0.25, -0.2) is 14.4 Å². The van der Waals surface area contributed by atoms with Gasteiger partial charge in [-0.1, -0.05) is 13.8 Å². The van der Waals surface area contributed by atoms with Gasteiger partial charge < -0.3 is 10.3 Å². The standard InChI is InChI=1S/C20H23FN4O/c1-12(2)4-5-13(3)23-20(26)16-10-11-22-19-17(16)24-18(25-19)14-6-8-15(21)9-7-14/h6-13H,4-5H2,1-3H3,(H,23,26)(H,22,24,25). The number of rotatable bonds is 6. The van der Waals surface area contributed by atoms with Gasteiger partial charge in [0.25, 0.3) is 5.91 Å². The number of nitrogens with one attached hydrogen (secondary N) is 2. The molecule has 0 aliphatic rings. The summed E-state index contributed by atoms with van der Waals surface area (Å²) in [6.45, 7) is 6.35. The zero-order chi connectivity index (χ0) is 18.7. The topological polar surface area (TPSA) is 70.7 Å². The highest BCUT2D eigenvalue weighted by Gasteiger charge is 2.17. The van der Waals surface area contributed by atoms with Gasteiger partial charge in [-0.3, -0.25) is 4.79 Å². The third kappa shape index (κ3) is 4.07. The number of imidazole rings is 1. The van der Waals surface area contributed by atoms with E-state index < -0.39 is 0 Å². The van der Waals surface area contributed by atoms with Crippen LogP contribution in [0.1, 0.15) is 44.0 Å². The summed E-state index contributed by atoms with van der Waals surface area (Å²) in [5.41, 5.74) is 2.29. The van der Waals surface area contributed by atoms with Crippen molar-refractivity contribution in [3.8, 4) is 11.4 Å². The average Bonchev–Trinajstić information content (AvgIpc) is 3.04. The molecule has 1 unspecified atom stereocenters. The summed E-state index contributed by atoms with van der Waals surface area (Å²) in [6, 6.07) is 7.80. The Morgan fingerprint density at radius 1 is 1.15 bits per heavy atom. The van der Waals surface area contributed by atoms with Crippen LogP contribution in [0, 0.1) is 11.7 Å². The molecule has 2 aromatic heterocycles. The first-order valence-corrected chi connectivity index (χ1v) is 8.85. The fourth-order valence-electron chi connectivity index (χ4n) is 2.80. The van der Waals surface area contributed by atoms with E-state index >= 15 is 0 Å². The molecule has 2 N–H and O–H groups in total. The largest absolute Gasteiger partial charge is 0.350 e. The number of fused-ring (bicyclic) bond motifs is 1. The number of pyridine rings is 1. The minimum atomic E-state index is -0.307. The van der Waals surface area contributed by atoms with Crippen LogP contribution in [0.3, 0.4) is 0 Å². The van der Waals surface area contributed by atoms with Crippen LogP contribution in [0.4, 0.5) is 4.39 Å². The Labute approximate surface area is 152 Å². The second-order valence-corrected chi connectivity index (χ2v) is 7.00. The molecule has 5 nitrogen and oxygen atoms in total. The minimum absolute atomic E-state index is 0.0904. The van der Waals surface area contributed by atoms with Gasteiger partial charge in [0, 0.05) is 17.8 Å². The third-order valence-electron chi connectivity index (χ3n) is 4.31. The number of H-pyrrole nitrogens is 1. The number of nitrogens with zero attached hydrogens (tertiary/aromatic N) is 2. The van der Waals surface area contributed by atoms with Crippen LogP contribution in [0.15, 0.2) is 36.5 Å². The average molecular weight is 354 g/mol. The van der Waals surface area contributed by atoms with Crippen molar-refractivity contribution in [1.82, 2.24) is 20.3 Å². The lowest BCUT2D eigenvalue weighted by Crippen LogP contribution is -2.32. The number of hydrogen-bond acceptors (Lipinski definition) is 3. The molecule has 0 saturated carbocycles. The Hall–Kier alpha value is -2.76. The summed E-state index contributed by atoms with van der Waals surface area (Å²) in [6.07, 6.45) is 3.57. The Balaban J connectivity index is 1.85. The first-order chi connectivity index (χ1) is 12.4. The molecule has 0 aliphatic heterocycles. The molecule has 26 heavy (non-hydrogen) atoms. The molecule has 0 bridgehead atoms. The van der Waals surface area contributed by atoms with Crippen molar-refractivity contribution < 1.29 is 9.18 Å². The molecular weight excluding hydrogens is 331 g/mol. The molecule has 136 valence electrons. The van der Waals surface area contributed by atoms with Gasteiger partial charge in [-0.15, -0.1) is 0 Å². The second-order valence-electron chi connectivity index (χ2n) is 7.00. The van der Waals surface area contributed by atoms with Crippen molar-refractivity contribution in [2.24, 2.45) is 5.92 Å². The maximum Gasteiger partial charge on any atom is 0.253 e. The van der Waals surface area contributed by atoms with Crippen LogP contribution in [0.2, 0.25) is 0 Å². The van der Waals surface area contributed by atoms with E-state index in [-0.39, 0.29) is 17.8 Å². The minimum Gasteiger partial charge on any atom is -0.350 e. The first kappa shape index (κ1) is 18.0. The van der Waals surface area contributed by atoms with E-state index in [9.17, 15) is 9.18 Å². The zero-order valence-electron chi connectivity index (χ0n) is 15.2. The molecule has 3 aromatic rings. The highest BCUT2D eigenvalue weighted by Crippen LogP contribution is 2.22. The van der Waals surface area contributed by atoms with E-state index in [4.69, 9.17) is 0 Å². The van der Waals surface area contributed by atoms with Gasteiger partial charge in [0.1, 0.15) is 11.6 Å². The van der Waals surface area contributed by atoms with Gasteiger partial charge >= 0.3 is 0 Å². The summed E-state index contributed by atoms with van der Waals surface area (Å²) in [4.78, 5) is 24.5. The number of carbonyl (C=O) groups is 1. The predicted octanol–water partition coefficient (Wildman–Crippen LogP) is 4.32. The summed E-state index contributed by atoms with van der Waals surface area (Å²) in [5, 5.41) is 3.04. The lowest BCUT2D eigenvalue weighted by Gasteiger charge is -2.15. The normalized spacial score (nSPS) is 12.5. The Kier molecular flexibility index (Phi) is 5.30. The van der Waals surface area contributed by atoms with Crippen LogP contribution in [-0.2, 0) is 0 Å². The zero-order valence-corrected chi connectivity index (χ0v) is 15.2. The van der Waals surface area contributed by atoms with E-state index in [0.717, 1.165) is 18.4 Å². The molecule has 3 rings (SSSR count). The van der Waals surface area contributed by atoms with Crippen LogP contribution in [-0.4, -0.2) is 26.9 Å². The highest BCUT2D eigenvalue weighted by atomic mass is 19.1.